The number of halogens is 1. The fourth-order valence-corrected chi connectivity index (χ4v) is 2.55. The van der Waals surface area contributed by atoms with Crippen molar-refractivity contribution in [3.8, 4) is 0 Å². The van der Waals surface area contributed by atoms with E-state index in [0.29, 0.717) is 5.69 Å². The number of para-hydroxylation sites is 1. The number of nitrogens with zero attached hydrogens (tertiary/aromatic N) is 1. The van der Waals surface area contributed by atoms with E-state index >= 15 is 0 Å². The number of anilines is 1. The quantitative estimate of drug-likeness (QED) is 0.751. The van der Waals surface area contributed by atoms with Gasteiger partial charge in [-0.3, -0.25) is 4.79 Å². The van der Waals surface area contributed by atoms with Crippen LogP contribution in [0.15, 0.2) is 59.1 Å². The molecule has 0 fully saturated rings. The molecule has 0 saturated heterocycles. The average molecular weight is 329 g/mol. The maximum Gasteiger partial charge on any atom is 0.274 e. The number of nitrogens with one attached hydrogen (secondary N) is 1. The zero-order chi connectivity index (χ0) is 14.1. The lowest BCUT2D eigenvalue weighted by Crippen LogP contribution is -2.26. The molecule has 0 aliphatic carbocycles. The van der Waals surface area contributed by atoms with Crippen molar-refractivity contribution >= 4 is 38.4 Å². The number of fused-ring (bicyclic) bond motifs is 1. The fraction of sp³-hybridized carbons (Fsp3) is 0.0625. The summed E-state index contributed by atoms with van der Waals surface area (Å²) < 4.78 is 0.999. The normalized spacial score (nSPS) is 10.7. The van der Waals surface area contributed by atoms with Crippen LogP contribution in [0.4, 0.5) is 5.69 Å². The zero-order valence-electron chi connectivity index (χ0n) is 10.9. The smallest absolute Gasteiger partial charge is 0.274 e. The molecule has 20 heavy (non-hydrogen) atoms. The molecule has 1 N–H and O–H groups in total. The van der Waals surface area contributed by atoms with E-state index in [4.69, 9.17) is 0 Å². The van der Waals surface area contributed by atoms with Crippen molar-refractivity contribution in [3.63, 3.8) is 0 Å². The molecule has 0 atom stereocenters. The second-order valence-electron chi connectivity index (χ2n) is 4.61. The first-order valence-corrected chi connectivity index (χ1v) is 7.06. The number of carbonyl (C=O) groups excluding carboxylic acids is 1. The Bertz CT molecular complexity index is 765. The Morgan fingerprint density at radius 2 is 1.85 bits per heavy atom. The summed E-state index contributed by atoms with van der Waals surface area (Å²) in [7, 11) is 1.78. The first-order chi connectivity index (χ1) is 9.65. The van der Waals surface area contributed by atoms with Crippen molar-refractivity contribution in [2.24, 2.45) is 0 Å². The van der Waals surface area contributed by atoms with Gasteiger partial charge in [0, 0.05) is 28.1 Å². The van der Waals surface area contributed by atoms with E-state index in [1.54, 1.807) is 11.9 Å². The van der Waals surface area contributed by atoms with Gasteiger partial charge in [0.05, 0.1) is 0 Å². The van der Waals surface area contributed by atoms with Gasteiger partial charge in [0.15, 0.2) is 0 Å². The molecule has 1 aromatic heterocycles. The minimum atomic E-state index is -0.0523. The highest BCUT2D eigenvalue weighted by Crippen LogP contribution is 2.22. The highest BCUT2D eigenvalue weighted by Gasteiger charge is 2.15. The Morgan fingerprint density at radius 3 is 2.60 bits per heavy atom. The van der Waals surface area contributed by atoms with E-state index in [9.17, 15) is 4.79 Å². The largest absolute Gasteiger partial charge is 0.351 e. The first-order valence-electron chi connectivity index (χ1n) is 6.26. The summed E-state index contributed by atoms with van der Waals surface area (Å²) in [5.74, 6) is -0.0523. The summed E-state index contributed by atoms with van der Waals surface area (Å²) >= 11 is 3.44. The Labute approximate surface area is 125 Å². The van der Waals surface area contributed by atoms with Crippen LogP contribution >= 0.6 is 15.9 Å². The standard InChI is InChI=1S/C16H13BrN2O/c1-19(13-5-3-2-4-6-13)16(20)15-10-11-9-12(17)7-8-14(11)18-15/h2-10,18H,1H3. The van der Waals surface area contributed by atoms with Crippen LogP contribution in [0.25, 0.3) is 10.9 Å². The van der Waals surface area contributed by atoms with Crippen LogP contribution in [0.5, 0.6) is 0 Å². The Balaban J connectivity index is 1.96. The number of H-pyrrole nitrogens is 1. The van der Waals surface area contributed by atoms with Gasteiger partial charge in [-0.1, -0.05) is 34.1 Å². The van der Waals surface area contributed by atoms with E-state index in [-0.39, 0.29) is 5.91 Å². The number of hydrogen-bond acceptors (Lipinski definition) is 1. The fourth-order valence-electron chi connectivity index (χ4n) is 2.17. The average Bonchev–Trinajstić information content (AvgIpc) is 2.89. The lowest BCUT2D eigenvalue weighted by molar-refractivity contribution is 0.0989. The molecular weight excluding hydrogens is 316 g/mol. The van der Waals surface area contributed by atoms with Gasteiger partial charge >= 0.3 is 0 Å². The molecule has 3 rings (SSSR count). The molecule has 0 saturated carbocycles. The molecule has 0 bridgehead atoms. The number of amides is 1. The van der Waals surface area contributed by atoms with Crippen LogP contribution in [0.3, 0.4) is 0 Å². The van der Waals surface area contributed by atoms with Crippen LogP contribution in [0, 0.1) is 0 Å². The third kappa shape index (κ3) is 2.34. The maximum absolute atomic E-state index is 12.5. The maximum atomic E-state index is 12.5. The highest BCUT2D eigenvalue weighted by molar-refractivity contribution is 9.10. The van der Waals surface area contributed by atoms with Gasteiger partial charge in [0.2, 0.25) is 0 Å². The topological polar surface area (TPSA) is 36.1 Å². The lowest BCUT2D eigenvalue weighted by atomic mass is 10.2. The summed E-state index contributed by atoms with van der Waals surface area (Å²) in [4.78, 5) is 17.3. The van der Waals surface area contributed by atoms with Crippen LogP contribution in [-0.4, -0.2) is 17.9 Å². The van der Waals surface area contributed by atoms with Gasteiger partial charge in [0.25, 0.3) is 5.91 Å². The molecular formula is C16H13BrN2O. The van der Waals surface area contributed by atoms with Gasteiger partial charge in [-0.25, -0.2) is 0 Å². The molecule has 0 radical (unpaired) electrons. The van der Waals surface area contributed by atoms with Crippen molar-refractivity contribution < 1.29 is 4.79 Å². The minimum absolute atomic E-state index is 0.0523. The third-order valence-electron chi connectivity index (χ3n) is 3.26. The molecule has 1 amide bonds. The number of aromatic amines is 1. The van der Waals surface area contributed by atoms with Gasteiger partial charge in [-0.2, -0.15) is 0 Å². The van der Waals surface area contributed by atoms with Crippen LogP contribution in [0.1, 0.15) is 10.5 Å². The third-order valence-corrected chi connectivity index (χ3v) is 3.75. The summed E-state index contributed by atoms with van der Waals surface area (Å²) in [6, 6.07) is 17.4. The van der Waals surface area contributed by atoms with Crippen LogP contribution < -0.4 is 4.90 Å². The summed E-state index contributed by atoms with van der Waals surface area (Å²) in [6.45, 7) is 0. The summed E-state index contributed by atoms with van der Waals surface area (Å²) in [5, 5.41) is 1.02. The number of rotatable bonds is 2. The number of carbonyl (C=O) groups is 1. The van der Waals surface area contributed by atoms with E-state index in [1.807, 2.05) is 54.6 Å². The zero-order valence-corrected chi connectivity index (χ0v) is 12.5. The minimum Gasteiger partial charge on any atom is -0.351 e. The molecule has 0 unspecified atom stereocenters. The van der Waals surface area contributed by atoms with Crippen molar-refractivity contribution in [1.82, 2.24) is 4.98 Å². The molecule has 3 nitrogen and oxygen atoms in total. The summed E-state index contributed by atoms with van der Waals surface area (Å²) in [6.07, 6.45) is 0. The second-order valence-corrected chi connectivity index (χ2v) is 5.53. The number of benzene rings is 2. The molecule has 100 valence electrons. The molecule has 0 aliphatic rings. The predicted molar refractivity (Wildman–Crippen MR) is 85.2 cm³/mol. The Hall–Kier alpha value is -2.07. The predicted octanol–water partition coefficient (Wildman–Crippen LogP) is 4.21. The van der Waals surface area contributed by atoms with Gasteiger partial charge in [0.1, 0.15) is 5.69 Å². The van der Waals surface area contributed by atoms with E-state index < -0.39 is 0 Å². The van der Waals surface area contributed by atoms with Crippen LogP contribution in [0.2, 0.25) is 0 Å². The SMILES string of the molecule is CN(C(=O)c1cc2cc(Br)ccc2[nH]1)c1ccccc1. The molecule has 3 aromatic rings. The number of hydrogen-bond donors (Lipinski definition) is 1. The van der Waals surface area contributed by atoms with E-state index in [2.05, 4.69) is 20.9 Å². The van der Waals surface area contributed by atoms with E-state index in [0.717, 1.165) is 21.1 Å². The van der Waals surface area contributed by atoms with Gasteiger partial charge in [-0.05, 0) is 36.4 Å². The molecule has 4 heteroatoms. The van der Waals surface area contributed by atoms with Crippen LogP contribution in [-0.2, 0) is 0 Å². The van der Waals surface area contributed by atoms with Gasteiger partial charge in [-0.15, -0.1) is 0 Å². The van der Waals surface area contributed by atoms with Crippen molar-refractivity contribution in [1.29, 1.82) is 0 Å². The van der Waals surface area contributed by atoms with E-state index in [1.165, 1.54) is 0 Å². The van der Waals surface area contributed by atoms with Crippen molar-refractivity contribution in [2.45, 2.75) is 0 Å². The summed E-state index contributed by atoms with van der Waals surface area (Å²) in [5.41, 5.74) is 2.42. The lowest BCUT2D eigenvalue weighted by Gasteiger charge is -2.16. The van der Waals surface area contributed by atoms with Gasteiger partial charge < -0.3 is 9.88 Å². The monoisotopic (exact) mass is 328 g/mol. The highest BCUT2D eigenvalue weighted by atomic mass is 79.9. The second kappa shape index (κ2) is 5.13. The molecule has 2 aromatic carbocycles. The first kappa shape index (κ1) is 12.9. The Kier molecular flexibility index (Phi) is 3.32. The molecule has 0 spiro atoms. The van der Waals surface area contributed by atoms with Crippen molar-refractivity contribution in [2.75, 3.05) is 11.9 Å². The Morgan fingerprint density at radius 1 is 1.10 bits per heavy atom. The van der Waals surface area contributed by atoms with Crippen molar-refractivity contribution in [3.05, 3.63) is 64.8 Å². The number of aromatic nitrogens is 1. The molecule has 0 aliphatic heterocycles. The molecule has 1 heterocycles.